The van der Waals surface area contributed by atoms with Crippen molar-refractivity contribution in [2.45, 2.75) is 13.8 Å². The van der Waals surface area contributed by atoms with Crippen molar-refractivity contribution in [3.05, 3.63) is 94.1 Å². The normalized spacial score (nSPS) is 13.3. The first-order valence-corrected chi connectivity index (χ1v) is 10.7. The molecule has 2 amide bonds. The molecule has 1 heterocycles. The van der Waals surface area contributed by atoms with Crippen molar-refractivity contribution < 1.29 is 14.3 Å². The molecule has 0 fully saturated rings. The molecule has 0 spiro atoms. The Balaban J connectivity index is 1.80. The fourth-order valence-electron chi connectivity index (χ4n) is 3.62. The minimum Gasteiger partial charge on any atom is -0.494 e. The fourth-order valence-corrected chi connectivity index (χ4v) is 3.85. The van der Waals surface area contributed by atoms with E-state index in [0.717, 1.165) is 10.5 Å². The van der Waals surface area contributed by atoms with Crippen LogP contribution in [0, 0.1) is 18.3 Å². The summed E-state index contributed by atoms with van der Waals surface area (Å²) in [6, 6.07) is 20.6. The predicted molar refractivity (Wildman–Crippen MR) is 128 cm³/mol. The van der Waals surface area contributed by atoms with E-state index in [9.17, 15) is 9.59 Å². The van der Waals surface area contributed by atoms with E-state index >= 15 is 0 Å². The van der Waals surface area contributed by atoms with Crippen molar-refractivity contribution in [2.75, 3.05) is 16.8 Å². The van der Waals surface area contributed by atoms with E-state index in [1.165, 1.54) is 0 Å². The summed E-state index contributed by atoms with van der Waals surface area (Å²) in [7, 11) is 0. The molecule has 4 rings (SSSR count). The van der Waals surface area contributed by atoms with Gasteiger partial charge in [0.1, 0.15) is 11.4 Å². The summed E-state index contributed by atoms with van der Waals surface area (Å²) in [5.41, 5.74) is 3.33. The van der Waals surface area contributed by atoms with Crippen LogP contribution < -0.4 is 15.0 Å². The van der Waals surface area contributed by atoms with E-state index in [4.69, 9.17) is 21.6 Å². The SMILES string of the molecule is CCOc1ccc(C2=C(Nc3ccc(Cl)cc3C)C(=O)N(c3ccc(C#N)cc3)C2=O)cc1. The fraction of sp³-hybridized carbons (Fsp3) is 0.115. The minimum absolute atomic E-state index is 0.166. The third kappa shape index (κ3) is 4.32. The van der Waals surface area contributed by atoms with E-state index in [0.29, 0.717) is 39.9 Å². The molecule has 3 aromatic rings. The number of ether oxygens (including phenoxy) is 1. The standard InChI is InChI=1S/C26H20ClN3O3/c1-3-33-21-11-6-18(7-12-21)23-24(29-22-13-8-19(27)14-16(22)2)26(32)30(25(23)31)20-9-4-17(15-28)5-10-20/h4-14,29H,3H2,1-2H3. The molecule has 0 aromatic heterocycles. The summed E-state index contributed by atoms with van der Waals surface area (Å²) in [6.45, 7) is 4.28. The number of amides is 2. The molecule has 1 N–H and O–H groups in total. The van der Waals surface area contributed by atoms with Gasteiger partial charge in [0.2, 0.25) is 0 Å². The van der Waals surface area contributed by atoms with Crippen LogP contribution >= 0.6 is 11.6 Å². The van der Waals surface area contributed by atoms with Crippen LogP contribution in [0.25, 0.3) is 5.57 Å². The van der Waals surface area contributed by atoms with Crippen molar-refractivity contribution in [3.63, 3.8) is 0 Å². The molecule has 1 aliphatic rings. The van der Waals surface area contributed by atoms with Crippen LogP contribution in [0.3, 0.4) is 0 Å². The number of imide groups is 1. The van der Waals surface area contributed by atoms with E-state index < -0.39 is 11.8 Å². The molecule has 0 saturated heterocycles. The van der Waals surface area contributed by atoms with E-state index in [-0.39, 0.29) is 11.3 Å². The lowest BCUT2D eigenvalue weighted by Gasteiger charge is -2.16. The zero-order valence-electron chi connectivity index (χ0n) is 18.1. The number of hydrogen-bond acceptors (Lipinski definition) is 5. The van der Waals surface area contributed by atoms with Gasteiger partial charge in [0.25, 0.3) is 11.8 Å². The second-order valence-electron chi connectivity index (χ2n) is 7.40. The average Bonchev–Trinajstić information content (AvgIpc) is 3.06. The molecule has 6 nitrogen and oxygen atoms in total. The van der Waals surface area contributed by atoms with Gasteiger partial charge in [-0.3, -0.25) is 9.59 Å². The zero-order valence-corrected chi connectivity index (χ0v) is 18.8. The molecule has 1 aliphatic heterocycles. The third-order valence-electron chi connectivity index (χ3n) is 5.24. The Morgan fingerprint density at radius 2 is 1.70 bits per heavy atom. The van der Waals surface area contributed by atoms with E-state index in [1.54, 1.807) is 66.7 Å². The van der Waals surface area contributed by atoms with Crippen molar-refractivity contribution in [1.29, 1.82) is 5.26 Å². The molecule has 0 aliphatic carbocycles. The summed E-state index contributed by atoms with van der Waals surface area (Å²) < 4.78 is 5.50. The quantitative estimate of drug-likeness (QED) is 0.507. The highest BCUT2D eigenvalue weighted by Gasteiger charge is 2.40. The van der Waals surface area contributed by atoms with Gasteiger partial charge < -0.3 is 10.1 Å². The number of halogens is 1. The molecule has 164 valence electrons. The van der Waals surface area contributed by atoms with Crippen LogP contribution in [-0.4, -0.2) is 18.4 Å². The predicted octanol–water partition coefficient (Wildman–Crippen LogP) is 5.32. The maximum Gasteiger partial charge on any atom is 0.282 e. The summed E-state index contributed by atoms with van der Waals surface area (Å²) >= 11 is 6.07. The van der Waals surface area contributed by atoms with Crippen LogP contribution in [-0.2, 0) is 9.59 Å². The van der Waals surface area contributed by atoms with Crippen LogP contribution in [0.15, 0.2) is 72.4 Å². The molecule has 3 aromatic carbocycles. The zero-order chi connectivity index (χ0) is 23.5. The monoisotopic (exact) mass is 457 g/mol. The number of carbonyl (C=O) groups is 2. The number of nitriles is 1. The Hall–Kier alpha value is -4.08. The van der Waals surface area contributed by atoms with Gasteiger partial charge in [0, 0.05) is 10.7 Å². The smallest absolute Gasteiger partial charge is 0.282 e. The lowest BCUT2D eigenvalue weighted by Crippen LogP contribution is -2.32. The minimum atomic E-state index is -0.483. The summed E-state index contributed by atoms with van der Waals surface area (Å²) in [4.78, 5) is 28.1. The highest BCUT2D eigenvalue weighted by molar-refractivity contribution is 6.46. The number of rotatable bonds is 6. The summed E-state index contributed by atoms with van der Waals surface area (Å²) in [5.74, 6) is -0.267. The topological polar surface area (TPSA) is 82.4 Å². The first-order valence-electron chi connectivity index (χ1n) is 10.3. The van der Waals surface area contributed by atoms with Crippen LogP contribution in [0.4, 0.5) is 11.4 Å². The Bertz CT molecular complexity index is 1310. The Kier molecular flexibility index (Phi) is 6.16. The summed E-state index contributed by atoms with van der Waals surface area (Å²) in [5, 5.41) is 12.8. The Morgan fingerprint density at radius 1 is 1.00 bits per heavy atom. The number of nitrogens with zero attached hydrogens (tertiary/aromatic N) is 2. The first-order chi connectivity index (χ1) is 15.9. The van der Waals surface area contributed by atoms with Gasteiger partial charge in [-0.15, -0.1) is 0 Å². The second kappa shape index (κ2) is 9.19. The van der Waals surface area contributed by atoms with Gasteiger partial charge in [0.15, 0.2) is 0 Å². The number of hydrogen-bond donors (Lipinski definition) is 1. The van der Waals surface area contributed by atoms with Crippen LogP contribution in [0.2, 0.25) is 5.02 Å². The molecule has 33 heavy (non-hydrogen) atoms. The molecule has 7 heteroatoms. The second-order valence-corrected chi connectivity index (χ2v) is 7.83. The van der Waals surface area contributed by atoms with Gasteiger partial charge in [-0.25, -0.2) is 4.90 Å². The third-order valence-corrected chi connectivity index (χ3v) is 5.48. The lowest BCUT2D eigenvalue weighted by molar-refractivity contribution is -0.120. The van der Waals surface area contributed by atoms with Crippen LogP contribution in [0.5, 0.6) is 5.75 Å². The number of benzene rings is 3. The van der Waals surface area contributed by atoms with Crippen molar-refractivity contribution >= 4 is 40.4 Å². The molecule has 0 saturated carbocycles. The lowest BCUT2D eigenvalue weighted by atomic mass is 10.0. The number of carbonyl (C=O) groups excluding carboxylic acids is 2. The highest BCUT2D eigenvalue weighted by atomic mass is 35.5. The Labute approximate surface area is 196 Å². The van der Waals surface area contributed by atoms with Crippen molar-refractivity contribution in [2.24, 2.45) is 0 Å². The van der Waals surface area contributed by atoms with E-state index in [1.807, 2.05) is 19.9 Å². The van der Waals surface area contributed by atoms with Gasteiger partial charge in [-0.2, -0.15) is 5.26 Å². The van der Waals surface area contributed by atoms with Gasteiger partial charge in [-0.1, -0.05) is 23.7 Å². The van der Waals surface area contributed by atoms with E-state index in [2.05, 4.69) is 5.32 Å². The van der Waals surface area contributed by atoms with Crippen molar-refractivity contribution in [1.82, 2.24) is 0 Å². The van der Waals surface area contributed by atoms with Crippen LogP contribution in [0.1, 0.15) is 23.6 Å². The average molecular weight is 458 g/mol. The molecule has 0 atom stereocenters. The summed E-state index contributed by atoms with van der Waals surface area (Å²) in [6.07, 6.45) is 0. The molecule has 0 unspecified atom stereocenters. The first kappa shape index (κ1) is 22.1. The molecule has 0 radical (unpaired) electrons. The maximum atomic E-state index is 13.5. The van der Waals surface area contributed by atoms with Gasteiger partial charge in [0.05, 0.1) is 29.5 Å². The molecular formula is C26H20ClN3O3. The molecular weight excluding hydrogens is 438 g/mol. The van der Waals surface area contributed by atoms with Gasteiger partial charge in [-0.05, 0) is 79.6 Å². The highest BCUT2D eigenvalue weighted by Crippen LogP contribution is 2.35. The van der Waals surface area contributed by atoms with Crippen molar-refractivity contribution in [3.8, 4) is 11.8 Å². The molecule has 0 bridgehead atoms. The number of nitrogens with one attached hydrogen (secondary N) is 1. The Morgan fingerprint density at radius 3 is 2.30 bits per heavy atom. The number of aryl methyl sites for hydroxylation is 1. The maximum absolute atomic E-state index is 13.5. The van der Waals surface area contributed by atoms with Gasteiger partial charge >= 0.3 is 0 Å². The number of anilines is 2. The largest absolute Gasteiger partial charge is 0.494 e.